The quantitative estimate of drug-likeness (QED) is 0.808. The zero-order valence-electron chi connectivity index (χ0n) is 9.65. The van der Waals surface area contributed by atoms with E-state index in [1.807, 2.05) is 6.92 Å². The van der Waals surface area contributed by atoms with Gasteiger partial charge in [0.2, 0.25) is 0 Å². The first kappa shape index (κ1) is 13.0. The molecule has 18 heavy (non-hydrogen) atoms. The summed E-state index contributed by atoms with van der Waals surface area (Å²) in [6.07, 6.45) is 3.23. The Labute approximate surface area is 115 Å². The molecular formula is C13H10Cl2N2O. The second-order valence-corrected chi connectivity index (χ2v) is 4.72. The van der Waals surface area contributed by atoms with E-state index in [1.54, 1.807) is 24.4 Å². The standard InChI is InChI=1S/C13H10Cl2N2O/c1-8-6-17-12(7-16-8)13(18)4-9-2-3-10(14)5-11(9)15/h2-3,5-7H,4H2,1H3. The fraction of sp³-hybridized carbons (Fsp3) is 0.154. The van der Waals surface area contributed by atoms with Crippen LogP contribution >= 0.6 is 23.2 Å². The lowest BCUT2D eigenvalue weighted by Crippen LogP contribution is -2.07. The van der Waals surface area contributed by atoms with Crippen molar-refractivity contribution in [1.82, 2.24) is 9.97 Å². The molecule has 0 atom stereocenters. The number of hydrogen-bond donors (Lipinski definition) is 0. The molecular weight excluding hydrogens is 271 g/mol. The minimum atomic E-state index is -0.119. The molecule has 0 N–H and O–H groups in total. The zero-order chi connectivity index (χ0) is 13.1. The van der Waals surface area contributed by atoms with Crippen LogP contribution in [0.5, 0.6) is 0 Å². The number of aromatic nitrogens is 2. The molecule has 0 radical (unpaired) electrons. The van der Waals surface area contributed by atoms with E-state index < -0.39 is 0 Å². The number of hydrogen-bond acceptors (Lipinski definition) is 3. The fourth-order valence-corrected chi connectivity index (χ4v) is 1.94. The van der Waals surface area contributed by atoms with E-state index in [-0.39, 0.29) is 12.2 Å². The summed E-state index contributed by atoms with van der Waals surface area (Å²) in [5.41, 5.74) is 1.84. The van der Waals surface area contributed by atoms with Gasteiger partial charge in [-0.1, -0.05) is 29.3 Å². The van der Waals surface area contributed by atoms with Gasteiger partial charge in [0.25, 0.3) is 0 Å². The fourth-order valence-electron chi connectivity index (χ4n) is 1.47. The molecule has 0 bridgehead atoms. The predicted molar refractivity (Wildman–Crippen MR) is 71.3 cm³/mol. The van der Waals surface area contributed by atoms with Crippen LogP contribution in [0.3, 0.4) is 0 Å². The van der Waals surface area contributed by atoms with Crippen molar-refractivity contribution in [1.29, 1.82) is 0 Å². The Hall–Kier alpha value is -1.45. The van der Waals surface area contributed by atoms with Crippen LogP contribution < -0.4 is 0 Å². The molecule has 0 saturated carbocycles. The highest BCUT2D eigenvalue weighted by Gasteiger charge is 2.11. The number of nitrogens with zero attached hydrogens (tertiary/aromatic N) is 2. The normalized spacial score (nSPS) is 10.4. The van der Waals surface area contributed by atoms with E-state index in [4.69, 9.17) is 23.2 Å². The molecule has 2 rings (SSSR count). The molecule has 1 heterocycles. The molecule has 0 saturated heterocycles. The van der Waals surface area contributed by atoms with E-state index in [2.05, 4.69) is 9.97 Å². The first-order valence-corrected chi connectivity index (χ1v) is 6.07. The van der Waals surface area contributed by atoms with Crippen LogP contribution in [0.15, 0.2) is 30.6 Å². The topological polar surface area (TPSA) is 42.9 Å². The van der Waals surface area contributed by atoms with Gasteiger partial charge < -0.3 is 0 Å². The lowest BCUT2D eigenvalue weighted by Gasteiger charge is -2.04. The van der Waals surface area contributed by atoms with Gasteiger partial charge in [-0.15, -0.1) is 0 Å². The number of carbonyl (C=O) groups excluding carboxylic acids is 1. The lowest BCUT2D eigenvalue weighted by molar-refractivity contribution is 0.0988. The molecule has 0 spiro atoms. The van der Waals surface area contributed by atoms with Crippen LogP contribution in [-0.4, -0.2) is 15.8 Å². The van der Waals surface area contributed by atoms with Gasteiger partial charge in [-0.2, -0.15) is 0 Å². The van der Waals surface area contributed by atoms with Crippen molar-refractivity contribution < 1.29 is 4.79 Å². The van der Waals surface area contributed by atoms with Gasteiger partial charge in [0.1, 0.15) is 5.69 Å². The van der Waals surface area contributed by atoms with Crippen LogP contribution in [0.2, 0.25) is 10.0 Å². The van der Waals surface area contributed by atoms with Gasteiger partial charge >= 0.3 is 0 Å². The van der Waals surface area contributed by atoms with E-state index in [1.165, 1.54) is 6.20 Å². The number of benzene rings is 1. The SMILES string of the molecule is Cc1cnc(C(=O)Cc2ccc(Cl)cc2Cl)cn1. The number of Topliss-reactive ketones (excluding diaryl/α,β-unsaturated/α-hetero) is 1. The van der Waals surface area contributed by atoms with Gasteiger partial charge in [-0.3, -0.25) is 9.78 Å². The summed E-state index contributed by atoms with van der Waals surface area (Å²) in [5, 5.41) is 1.03. The zero-order valence-corrected chi connectivity index (χ0v) is 11.2. The summed E-state index contributed by atoms with van der Waals surface area (Å²) in [6, 6.07) is 5.06. The van der Waals surface area contributed by atoms with Crippen LogP contribution in [-0.2, 0) is 6.42 Å². The highest BCUT2D eigenvalue weighted by atomic mass is 35.5. The Bertz CT molecular complexity index is 582. The monoisotopic (exact) mass is 280 g/mol. The van der Waals surface area contributed by atoms with Crippen molar-refractivity contribution in [3.63, 3.8) is 0 Å². The van der Waals surface area contributed by atoms with Gasteiger partial charge in [0.05, 0.1) is 11.9 Å². The molecule has 3 nitrogen and oxygen atoms in total. The molecule has 0 fully saturated rings. The third-order valence-electron chi connectivity index (χ3n) is 2.43. The second-order valence-electron chi connectivity index (χ2n) is 3.88. The molecule has 5 heteroatoms. The number of rotatable bonds is 3. The molecule has 0 unspecified atom stereocenters. The van der Waals surface area contributed by atoms with E-state index in [0.717, 1.165) is 11.3 Å². The van der Waals surface area contributed by atoms with Crippen molar-refractivity contribution in [3.05, 3.63) is 57.6 Å². The Morgan fingerprint density at radius 2 is 2.00 bits per heavy atom. The van der Waals surface area contributed by atoms with Crippen LogP contribution in [0.4, 0.5) is 0 Å². The van der Waals surface area contributed by atoms with Gasteiger partial charge in [-0.25, -0.2) is 4.98 Å². The minimum absolute atomic E-state index is 0.119. The predicted octanol–water partition coefficient (Wildman–Crippen LogP) is 3.52. The number of carbonyl (C=O) groups is 1. The maximum absolute atomic E-state index is 12.0. The Morgan fingerprint density at radius 1 is 1.22 bits per heavy atom. The van der Waals surface area contributed by atoms with Crippen molar-refractivity contribution in [2.45, 2.75) is 13.3 Å². The molecule has 2 aromatic rings. The summed E-state index contributed by atoms with van der Waals surface area (Å²) < 4.78 is 0. The maximum Gasteiger partial charge on any atom is 0.187 e. The first-order valence-electron chi connectivity index (χ1n) is 5.32. The van der Waals surface area contributed by atoms with Crippen LogP contribution in [0, 0.1) is 6.92 Å². The molecule has 1 aromatic carbocycles. The van der Waals surface area contributed by atoms with Crippen LogP contribution in [0.25, 0.3) is 0 Å². The second kappa shape index (κ2) is 5.46. The van der Waals surface area contributed by atoms with E-state index >= 15 is 0 Å². The first-order chi connectivity index (χ1) is 8.56. The average Bonchev–Trinajstić information content (AvgIpc) is 2.33. The summed E-state index contributed by atoms with van der Waals surface area (Å²) in [4.78, 5) is 20.0. The van der Waals surface area contributed by atoms with Gasteiger partial charge in [0.15, 0.2) is 5.78 Å². The van der Waals surface area contributed by atoms with Crippen LogP contribution in [0.1, 0.15) is 21.7 Å². The molecule has 0 aliphatic heterocycles. The lowest BCUT2D eigenvalue weighted by atomic mass is 10.1. The summed E-state index contributed by atoms with van der Waals surface area (Å²) in [7, 11) is 0. The van der Waals surface area contributed by atoms with Crippen molar-refractivity contribution in [3.8, 4) is 0 Å². The smallest absolute Gasteiger partial charge is 0.187 e. The number of aryl methyl sites for hydroxylation is 1. The van der Waals surface area contributed by atoms with E-state index in [9.17, 15) is 4.79 Å². The third kappa shape index (κ3) is 3.06. The summed E-state index contributed by atoms with van der Waals surface area (Å²) in [6.45, 7) is 1.82. The highest BCUT2D eigenvalue weighted by molar-refractivity contribution is 6.35. The summed E-state index contributed by atoms with van der Waals surface area (Å²) >= 11 is 11.8. The molecule has 1 aromatic heterocycles. The average molecular weight is 281 g/mol. The molecule has 92 valence electrons. The summed E-state index contributed by atoms with van der Waals surface area (Å²) in [5.74, 6) is -0.119. The Kier molecular flexibility index (Phi) is 3.94. The highest BCUT2D eigenvalue weighted by Crippen LogP contribution is 2.22. The Balaban J connectivity index is 2.18. The van der Waals surface area contributed by atoms with Gasteiger partial charge in [0, 0.05) is 22.7 Å². The molecule has 0 aliphatic carbocycles. The molecule has 0 amide bonds. The van der Waals surface area contributed by atoms with Crippen molar-refractivity contribution >= 4 is 29.0 Å². The van der Waals surface area contributed by atoms with E-state index in [0.29, 0.717) is 15.7 Å². The number of halogens is 2. The molecule has 0 aliphatic rings. The van der Waals surface area contributed by atoms with Gasteiger partial charge in [-0.05, 0) is 24.6 Å². The Morgan fingerprint density at radius 3 is 2.61 bits per heavy atom. The maximum atomic E-state index is 12.0. The minimum Gasteiger partial charge on any atom is -0.292 e. The van der Waals surface area contributed by atoms with Crippen molar-refractivity contribution in [2.24, 2.45) is 0 Å². The van der Waals surface area contributed by atoms with Crippen molar-refractivity contribution in [2.75, 3.05) is 0 Å². The number of ketones is 1. The third-order valence-corrected chi connectivity index (χ3v) is 3.02. The largest absolute Gasteiger partial charge is 0.292 e.